The lowest BCUT2D eigenvalue weighted by atomic mass is 10.3. The largest absolute Gasteiger partial charge is 0.450 e. The van der Waals surface area contributed by atoms with E-state index in [1.54, 1.807) is 18.2 Å². The summed E-state index contributed by atoms with van der Waals surface area (Å²) in [6, 6.07) is 12.8. The van der Waals surface area contributed by atoms with Gasteiger partial charge in [-0.1, -0.05) is 18.2 Å². The highest BCUT2D eigenvalue weighted by Gasteiger charge is 1.98. The summed E-state index contributed by atoms with van der Waals surface area (Å²) in [5, 5.41) is 2.74. The summed E-state index contributed by atoms with van der Waals surface area (Å²) >= 11 is 3.19. The molecular formula is C13H10BrNO2. The van der Waals surface area contributed by atoms with Crippen molar-refractivity contribution in [1.82, 2.24) is 0 Å². The molecule has 0 spiro atoms. The third-order valence-electron chi connectivity index (χ3n) is 2.03. The van der Waals surface area contributed by atoms with Gasteiger partial charge in [0.2, 0.25) is 5.91 Å². The second-order valence-electron chi connectivity index (χ2n) is 3.33. The summed E-state index contributed by atoms with van der Waals surface area (Å²) in [5.41, 5.74) is 0.766. The van der Waals surface area contributed by atoms with Gasteiger partial charge in [-0.25, -0.2) is 0 Å². The predicted molar refractivity (Wildman–Crippen MR) is 70.5 cm³/mol. The van der Waals surface area contributed by atoms with Crippen LogP contribution in [0.4, 0.5) is 5.69 Å². The van der Waals surface area contributed by atoms with Gasteiger partial charge in [0.1, 0.15) is 5.76 Å². The molecular weight excluding hydrogens is 282 g/mol. The van der Waals surface area contributed by atoms with E-state index < -0.39 is 0 Å². The lowest BCUT2D eigenvalue weighted by Gasteiger charge is -1.99. The molecule has 3 nitrogen and oxygen atoms in total. The Balaban J connectivity index is 1.96. The van der Waals surface area contributed by atoms with Crippen molar-refractivity contribution >= 4 is 33.6 Å². The third kappa shape index (κ3) is 3.60. The average molecular weight is 292 g/mol. The topological polar surface area (TPSA) is 42.2 Å². The second kappa shape index (κ2) is 5.50. The number of para-hydroxylation sites is 1. The van der Waals surface area contributed by atoms with E-state index in [2.05, 4.69) is 21.2 Å². The van der Waals surface area contributed by atoms with Crippen molar-refractivity contribution in [2.24, 2.45) is 0 Å². The number of halogens is 1. The van der Waals surface area contributed by atoms with Gasteiger partial charge in [-0.15, -0.1) is 0 Å². The zero-order valence-electron chi connectivity index (χ0n) is 8.89. The zero-order chi connectivity index (χ0) is 12.1. The summed E-state index contributed by atoms with van der Waals surface area (Å²) in [6.07, 6.45) is 3.04. The van der Waals surface area contributed by atoms with Crippen LogP contribution in [0.25, 0.3) is 6.08 Å². The zero-order valence-corrected chi connectivity index (χ0v) is 10.5. The molecule has 0 aliphatic carbocycles. The predicted octanol–water partition coefficient (Wildman–Crippen LogP) is 3.69. The summed E-state index contributed by atoms with van der Waals surface area (Å²) in [6.45, 7) is 0. The molecule has 0 fully saturated rings. The number of hydrogen-bond acceptors (Lipinski definition) is 2. The highest BCUT2D eigenvalue weighted by atomic mass is 79.9. The Kier molecular flexibility index (Phi) is 3.77. The van der Waals surface area contributed by atoms with Crippen LogP contribution in [0.5, 0.6) is 0 Å². The van der Waals surface area contributed by atoms with Crippen LogP contribution in [0.15, 0.2) is 57.6 Å². The van der Waals surface area contributed by atoms with Crippen molar-refractivity contribution in [2.45, 2.75) is 0 Å². The molecule has 0 aliphatic heterocycles. The number of anilines is 1. The molecule has 0 aliphatic rings. The maximum absolute atomic E-state index is 11.5. The summed E-state index contributed by atoms with van der Waals surface area (Å²) in [5.74, 6) is 0.434. The Morgan fingerprint density at radius 3 is 2.59 bits per heavy atom. The molecule has 1 amide bonds. The van der Waals surface area contributed by atoms with Crippen molar-refractivity contribution in [2.75, 3.05) is 5.32 Å². The Bertz CT molecular complexity index is 531. The molecule has 4 heteroatoms. The summed E-state index contributed by atoms with van der Waals surface area (Å²) in [4.78, 5) is 11.5. The number of nitrogens with one attached hydrogen (secondary N) is 1. The fourth-order valence-corrected chi connectivity index (χ4v) is 1.60. The van der Waals surface area contributed by atoms with Gasteiger partial charge in [0.25, 0.3) is 0 Å². The summed E-state index contributed by atoms with van der Waals surface area (Å²) in [7, 11) is 0. The quantitative estimate of drug-likeness (QED) is 0.877. The molecule has 1 N–H and O–H groups in total. The minimum atomic E-state index is -0.191. The first-order valence-electron chi connectivity index (χ1n) is 5.03. The monoisotopic (exact) mass is 291 g/mol. The van der Waals surface area contributed by atoms with Crippen molar-refractivity contribution in [3.63, 3.8) is 0 Å². The standard InChI is InChI=1S/C13H10BrNO2/c14-12-8-6-11(17-12)7-9-13(16)15-10-4-2-1-3-5-10/h1-9H,(H,15,16). The van der Waals surface area contributed by atoms with Gasteiger partial charge in [-0.05, 0) is 46.3 Å². The van der Waals surface area contributed by atoms with Gasteiger partial charge in [-0.2, -0.15) is 0 Å². The fourth-order valence-electron chi connectivity index (χ4n) is 1.28. The SMILES string of the molecule is O=C(C=Cc1ccc(Br)o1)Nc1ccccc1. The highest BCUT2D eigenvalue weighted by molar-refractivity contribution is 9.10. The van der Waals surface area contributed by atoms with E-state index in [0.29, 0.717) is 10.4 Å². The first kappa shape index (κ1) is 11.7. The van der Waals surface area contributed by atoms with Crippen molar-refractivity contribution in [3.8, 4) is 0 Å². The van der Waals surface area contributed by atoms with E-state index in [1.807, 2.05) is 30.3 Å². The molecule has 0 saturated carbocycles. The average Bonchev–Trinajstić information content (AvgIpc) is 2.74. The Hall–Kier alpha value is -1.81. The molecule has 0 saturated heterocycles. The van der Waals surface area contributed by atoms with Crippen LogP contribution in [-0.2, 0) is 4.79 Å². The minimum Gasteiger partial charge on any atom is -0.450 e. The second-order valence-corrected chi connectivity index (χ2v) is 4.11. The number of hydrogen-bond donors (Lipinski definition) is 1. The number of furan rings is 1. The molecule has 1 aromatic carbocycles. The molecule has 2 rings (SSSR count). The van der Waals surface area contributed by atoms with Gasteiger partial charge in [0.05, 0.1) is 0 Å². The number of benzene rings is 1. The maximum atomic E-state index is 11.5. The van der Waals surface area contributed by atoms with Crippen LogP contribution in [0, 0.1) is 0 Å². The van der Waals surface area contributed by atoms with Crippen molar-refractivity contribution < 1.29 is 9.21 Å². The van der Waals surface area contributed by atoms with Gasteiger partial charge >= 0.3 is 0 Å². The van der Waals surface area contributed by atoms with Gasteiger partial charge in [0.15, 0.2) is 4.67 Å². The van der Waals surface area contributed by atoms with E-state index in [0.717, 1.165) is 5.69 Å². The van der Waals surface area contributed by atoms with Gasteiger partial charge in [0, 0.05) is 11.8 Å². The number of carbonyl (C=O) groups excluding carboxylic acids is 1. The van der Waals surface area contributed by atoms with Crippen molar-refractivity contribution in [3.05, 3.63) is 59.0 Å². The first-order valence-corrected chi connectivity index (χ1v) is 5.83. The van der Waals surface area contributed by atoms with Gasteiger partial charge in [-0.3, -0.25) is 4.79 Å². The van der Waals surface area contributed by atoms with Crippen LogP contribution >= 0.6 is 15.9 Å². The Labute approximate surface area is 107 Å². The summed E-state index contributed by atoms with van der Waals surface area (Å²) < 4.78 is 5.87. The van der Waals surface area contributed by atoms with E-state index in [4.69, 9.17) is 4.42 Å². The lowest BCUT2D eigenvalue weighted by molar-refractivity contribution is -0.111. The fraction of sp³-hybridized carbons (Fsp3) is 0. The first-order chi connectivity index (χ1) is 8.24. The van der Waals surface area contributed by atoms with Crippen LogP contribution in [-0.4, -0.2) is 5.91 Å². The molecule has 17 heavy (non-hydrogen) atoms. The minimum absolute atomic E-state index is 0.191. The molecule has 1 aromatic heterocycles. The molecule has 0 radical (unpaired) electrons. The van der Waals surface area contributed by atoms with Crippen LogP contribution in [0.1, 0.15) is 5.76 Å². The Morgan fingerprint density at radius 1 is 1.18 bits per heavy atom. The normalized spacial score (nSPS) is 10.6. The van der Waals surface area contributed by atoms with E-state index in [-0.39, 0.29) is 5.91 Å². The molecule has 1 heterocycles. The molecule has 0 bridgehead atoms. The van der Waals surface area contributed by atoms with Gasteiger partial charge < -0.3 is 9.73 Å². The molecule has 0 unspecified atom stereocenters. The highest BCUT2D eigenvalue weighted by Crippen LogP contribution is 2.15. The number of rotatable bonds is 3. The van der Waals surface area contributed by atoms with Crippen LogP contribution < -0.4 is 5.32 Å². The van der Waals surface area contributed by atoms with Crippen LogP contribution in [0.3, 0.4) is 0 Å². The maximum Gasteiger partial charge on any atom is 0.248 e. The molecule has 0 atom stereocenters. The lowest BCUT2D eigenvalue weighted by Crippen LogP contribution is -2.07. The van der Waals surface area contributed by atoms with Crippen molar-refractivity contribution in [1.29, 1.82) is 0 Å². The Morgan fingerprint density at radius 2 is 1.94 bits per heavy atom. The number of carbonyl (C=O) groups is 1. The number of amides is 1. The smallest absolute Gasteiger partial charge is 0.248 e. The third-order valence-corrected chi connectivity index (χ3v) is 2.46. The van der Waals surface area contributed by atoms with E-state index in [1.165, 1.54) is 6.08 Å². The van der Waals surface area contributed by atoms with E-state index in [9.17, 15) is 4.79 Å². The van der Waals surface area contributed by atoms with E-state index >= 15 is 0 Å². The van der Waals surface area contributed by atoms with Crippen LogP contribution in [0.2, 0.25) is 0 Å². The molecule has 2 aromatic rings. The molecule has 86 valence electrons.